The summed E-state index contributed by atoms with van der Waals surface area (Å²) in [4.78, 5) is 2.66. The zero-order chi connectivity index (χ0) is 33.3. The number of unbranched alkanes of at least 4 members (excludes halogenated alkanes) is 24. The van der Waals surface area contributed by atoms with Crippen LogP contribution in [0, 0.1) is 0 Å². The Hall–Kier alpha value is -0.680. The van der Waals surface area contributed by atoms with E-state index in [-0.39, 0.29) is 0 Å². The second-order valence-electron chi connectivity index (χ2n) is 14.0. The third-order valence-electron chi connectivity index (χ3n) is 9.38. The van der Waals surface area contributed by atoms with Crippen LogP contribution in [0.5, 0.6) is 0 Å². The van der Waals surface area contributed by atoms with Crippen molar-refractivity contribution in [2.24, 2.45) is 5.73 Å². The molecule has 0 bridgehead atoms. The Balaban J connectivity index is 3.65. The molecule has 0 aliphatic carbocycles. The molecule has 0 atom stereocenters. The van der Waals surface area contributed by atoms with E-state index in [1.54, 1.807) is 0 Å². The van der Waals surface area contributed by atoms with E-state index in [9.17, 15) is 0 Å². The summed E-state index contributed by atoms with van der Waals surface area (Å²) in [6.07, 6.45) is 48.3. The third kappa shape index (κ3) is 39.5. The van der Waals surface area contributed by atoms with E-state index in [0.29, 0.717) is 0 Å². The summed E-state index contributed by atoms with van der Waals surface area (Å²) < 4.78 is 0. The molecule has 4 heteroatoms. The molecule has 0 aromatic carbocycles. The van der Waals surface area contributed by atoms with Gasteiger partial charge in [0.2, 0.25) is 0 Å². The lowest BCUT2D eigenvalue weighted by Gasteiger charge is -2.23. The Labute approximate surface area is 291 Å². The second kappa shape index (κ2) is 42.3. The van der Waals surface area contributed by atoms with Crippen molar-refractivity contribution in [3.63, 3.8) is 0 Å². The van der Waals surface area contributed by atoms with Crippen LogP contribution in [-0.4, -0.2) is 57.3 Å². The van der Waals surface area contributed by atoms with E-state index < -0.39 is 0 Å². The summed E-state index contributed by atoms with van der Waals surface area (Å²) in [6.45, 7) is 13.1. The van der Waals surface area contributed by atoms with Gasteiger partial charge in [0.05, 0.1) is 0 Å². The first-order valence-corrected chi connectivity index (χ1v) is 21.0. The molecule has 0 heterocycles. The molecule has 0 saturated heterocycles. The SMILES string of the molecule is CCCCCCCC/C=C\CCCCCCCCNCCN(CCCCCCCC/C=C\CCCCCCCC)CCNCCN. The van der Waals surface area contributed by atoms with Gasteiger partial charge in [-0.25, -0.2) is 0 Å². The molecule has 0 radical (unpaired) electrons. The molecule has 4 N–H and O–H groups in total. The van der Waals surface area contributed by atoms with Crippen LogP contribution in [0.1, 0.15) is 194 Å². The van der Waals surface area contributed by atoms with Gasteiger partial charge >= 0.3 is 0 Å². The minimum absolute atomic E-state index is 0.729. The van der Waals surface area contributed by atoms with Crippen molar-refractivity contribution in [2.45, 2.75) is 194 Å². The quantitative estimate of drug-likeness (QED) is 0.0458. The van der Waals surface area contributed by atoms with E-state index in [4.69, 9.17) is 5.73 Å². The van der Waals surface area contributed by atoms with E-state index in [1.165, 1.54) is 199 Å². The highest BCUT2D eigenvalue weighted by molar-refractivity contribution is 4.82. The number of hydrogen-bond donors (Lipinski definition) is 3. The molecule has 0 unspecified atom stereocenters. The largest absolute Gasteiger partial charge is 0.329 e. The molecule has 0 fully saturated rings. The highest BCUT2D eigenvalue weighted by Crippen LogP contribution is 2.12. The van der Waals surface area contributed by atoms with Crippen LogP contribution >= 0.6 is 0 Å². The molecule has 274 valence electrons. The van der Waals surface area contributed by atoms with Crippen molar-refractivity contribution >= 4 is 0 Å². The van der Waals surface area contributed by atoms with E-state index in [1.807, 2.05) is 0 Å². The molecule has 46 heavy (non-hydrogen) atoms. The second-order valence-corrected chi connectivity index (χ2v) is 14.0. The van der Waals surface area contributed by atoms with Gasteiger partial charge in [0.15, 0.2) is 0 Å². The summed E-state index contributed by atoms with van der Waals surface area (Å²) in [7, 11) is 0. The lowest BCUT2D eigenvalue weighted by molar-refractivity contribution is 0.266. The monoisotopic (exact) mass is 647 g/mol. The molecular weight excluding hydrogens is 560 g/mol. The number of nitrogens with zero attached hydrogens (tertiary/aromatic N) is 1. The van der Waals surface area contributed by atoms with Gasteiger partial charge in [0.1, 0.15) is 0 Å². The van der Waals surface area contributed by atoms with Crippen molar-refractivity contribution in [1.29, 1.82) is 0 Å². The first-order chi connectivity index (χ1) is 22.8. The van der Waals surface area contributed by atoms with Gasteiger partial charge in [0, 0.05) is 39.3 Å². The summed E-state index contributed by atoms with van der Waals surface area (Å²) in [6, 6.07) is 0. The van der Waals surface area contributed by atoms with Crippen molar-refractivity contribution < 1.29 is 0 Å². The number of nitrogens with two attached hydrogens (primary N) is 1. The number of hydrogen-bond acceptors (Lipinski definition) is 4. The Morgan fingerprint density at radius 1 is 0.370 bits per heavy atom. The van der Waals surface area contributed by atoms with Crippen molar-refractivity contribution in [2.75, 3.05) is 52.4 Å². The van der Waals surface area contributed by atoms with Crippen LogP contribution in [0.2, 0.25) is 0 Å². The van der Waals surface area contributed by atoms with Crippen molar-refractivity contribution in [3.05, 3.63) is 24.3 Å². The minimum Gasteiger partial charge on any atom is -0.329 e. The molecule has 0 saturated carbocycles. The normalized spacial score (nSPS) is 12.1. The molecule has 0 aromatic rings. The molecule has 4 nitrogen and oxygen atoms in total. The van der Waals surface area contributed by atoms with Gasteiger partial charge in [-0.3, -0.25) is 0 Å². The van der Waals surface area contributed by atoms with Gasteiger partial charge < -0.3 is 21.3 Å². The lowest BCUT2D eigenvalue weighted by atomic mass is 10.1. The van der Waals surface area contributed by atoms with Gasteiger partial charge in [-0.2, -0.15) is 0 Å². The van der Waals surface area contributed by atoms with E-state index >= 15 is 0 Å². The fourth-order valence-electron chi connectivity index (χ4n) is 6.24. The average Bonchev–Trinajstić information content (AvgIpc) is 3.07. The minimum atomic E-state index is 0.729. The zero-order valence-corrected chi connectivity index (χ0v) is 31.8. The van der Waals surface area contributed by atoms with Gasteiger partial charge in [-0.15, -0.1) is 0 Å². The summed E-state index contributed by atoms with van der Waals surface area (Å²) in [5, 5.41) is 7.21. The summed E-state index contributed by atoms with van der Waals surface area (Å²) >= 11 is 0. The first kappa shape index (κ1) is 45.3. The maximum atomic E-state index is 5.67. The first-order valence-electron chi connectivity index (χ1n) is 21.0. The maximum absolute atomic E-state index is 5.67. The fourth-order valence-corrected chi connectivity index (χ4v) is 6.24. The smallest absolute Gasteiger partial charge is 0.0107 e. The Kier molecular flexibility index (Phi) is 41.7. The van der Waals surface area contributed by atoms with Crippen LogP contribution in [0.25, 0.3) is 0 Å². The maximum Gasteiger partial charge on any atom is 0.0107 e. The summed E-state index contributed by atoms with van der Waals surface area (Å²) in [5.74, 6) is 0. The molecule has 0 spiro atoms. The molecule has 0 aliphatic heterocycles. The van der Waals surface area contributed by atoms with E-state index in [2.05, 4.69) is 53.7 Å². The highest BCUT2D eigenvalue weighted by Gasteiger charge is 2.04. The molecule has 0 rings (SSSR count). The van der Waals surface area contributed by atoms with Gasteiger partial charge in [-0.05, 0) is 77.3 Å². The van der Waals surface area contributed by atoms with E-state index in [0.717, 1.165) is 32.7 Å². The summed E-state index contributed by atoms with van der Waals surface area (Å²) in [5.41, 5.74) is 5.67. The van der Waals surface area contributed by atoms with Crippen LogP contribution in [0.15, 0.2) is 24.3 Å². The molecule has 0 aliphatic rings. The highest BCUT2D eigenvalue weighted by atomic mass is 15.1. The number of allylic oxidation sites excluding steroid dienone is 4. The predicted molar refractivity (Wildman–Crippen MR) is 210 cm³/mol. The van der Waals surface area contributed by atoms with Crippen LogP contribution in [0.4, 0.5) is 0 Å². The van der Waals surface area contributed by atoms with Crippen molar-refractivity contribution in [3.8, 4) is 0 Å². The number of nitrogens with one attached hydrogen (secondary N) is 2. The molecular formula is C42H86N4. The topological polar surface area (TPSA) is 53.3 Å². The Morgan fingerprint density at radius 3 is 1.13 bits per heavy atom. The van der Waals surface area contributed by atoms with Gasteiger partial charge in [-0.1, -0.05) is 154 Å². The third-order valence-corrected chi connectivity index (χ3v) is 9.38. The molecule has 0 aromatic heterocycles. The van der Waals surface area contributed by atoms with Gasteiger partial charge in [0.25, 0.3) is 0 Å². The standard InChI is InChI=1S/C42H86N4/c1-3-5-7-9-11-13-15-17-19-21-23-25-27-29-31-33-36-44-38-41-46(42-39-45-37-35-43)40-34-32-30-28-26-24-22-20-18-16-14-12-10-8-6-4-2/h17-20,44-45H,3-16,21-43H2,1-2H3/b19-17-,20-18-. The Morgan fingerprint density at radius 2 is 0.717 bits per heavy atom. The fraction of sp³-hybridized carbons (Fsp3) is 0.905. The van der Waals surface area contributed by atoms with Crippen LogP contribution in [-0.2, 0) is 0 Å². The van der Waals surface area contributed by atoms with Crippen LogP contribution < -0.4 is 16.4 Å². The zero-order valence-electron chi connectivity index (χ0n) is 31.8. The average molecular weight is 647 g/mol. The lowest BCUT2D eigenvalue weighted by Crippen LogP contribution is -2.38. The number of rotatable bonds is 40. The molecule has 0 amide bonds. The predicted octanol–water partition coefficient (Wildman–Crippen LogP) is 11.5. The van der Waals surface area contributed by atoms with Crippen LogP contribution in [0.3, 0.4) is 0 Å². The Bertz CT molecular complexity index is 590. The van der Waals surface area contributed by atoms with Crippen molar-refractivity contribution in [1.82, 2.24) is 15.5 Å².